The van der Waals surface area contributed by atoms with Gasteiger partial charge in [-0.3, -0.25) is 4.79 Å². The summed E-state index contributed by atoms with van der Waals surface area (Å²) in [7, 11) is 1.31. The molecule has 2 aromatic carbocycles. The van der Waals surface area contributed by atoms with Crippen LogP contribution in [-0.4, -0.2) is 52.5 Å². The highest BCUT2D eigenvalue weighted by Gasteiger charge is 2.52. The van der Waals surface area contributed by atoms with Crippen LogP contribution in [0.4, 0.5) is 17.6 Å². The fourth-order valence-electron chi connectivity index (χ4n) is 5.45. The Balaban J connectivity index is 1.58. The zero-order chi connectivity index (χ0) is 30.9. The fourth-order valence-corrected chi connectivity index (χ4v) is 5.45. The third-order valence-electron chi connectivity index (χ3n) is 7.45. The van der Waals surface area contributed by atoms with Crippen LogP contribution >= 0.6 is 0 Å². The van der Waals surface area contributed by atoms with Crippen molar-refractivity contribution in [3.05, 3.63) is 77.1 Å². The molecule has 1 unspecified atom stereocenters. The zero-order valence-electron chi connectivity index (χ0n) is 23.3. The Labute approximate surface area is 243 Å². The number of nitrogens with two attached hydrogens (primary N) is 1. The van der Waals surface area contributed by atoms with Crippen LogP contribution in [-0.2, 0) is 28.7 Å². The molecule has 1 atom stereocenters. The maximum atomic E-state index is 14.1. The van der Waals surface area contributed by atoms with Crippen molar-refractivity contribution in [1.82, 2.24) is 14.9 Å². The molecule has 2 aromatic heterocycles. The number of amides is 1. The number of benzene rings is 2. The summed E-state index contributed by atoms with van der Waals surface area (Å²) in [5.74, 6) is -1.61. The molecule has 1 amide bonds. The van der Waals surface area contributed by atoms with Crippen LogP contribution in [0, 0.1) is 5.82 Å². The fraction of sp³-hybridized carbons (Fsp3) is 0.333. The molecule has 226 valence electrons. The second-order valence-electron chi connectivity index (χ2n) is 10.0. The van der Waals surface area contributed by atoms with Crippen molar-refractivity contribution in [1.29, 1.82) is 0 Å². The van der Waals surface area contributed by atoms with Crippen molar-refractivity contribution in [3.8, 4) is 17.2 Å². The quantitative estimate of drug-likeness (QED) is 0.214. The summed E-state index contributed by atoms with van der Waals surface area (Å²) in [5.41, 5.74) is 4.11. The number of esters is 1. The molecule has 4 aromatic rings. The number of methoxy groups -OCH3 is 1. The van der Waals surface area contributed by atoms with Gasteiger partial charge in [0, 0.05) is 23.9 Å². The van der Waals surface area contributed by atoms with Gasteiger partial charge in [-0.05, 0) is 61.7 Å². The average molecular weight is 601 g/mol. The van der Waals surface area contributed by atoms with Gasteiger partial charge in [-0.1, -0.05) is 12.1 Å². The lowest BCUT2D eigenvalue weighted by Gasteiger charge is -2.36. The number of oxazole rings is 1. The number of likely N-dealkylation sites (tertiary alicyclic amines) is 1. The molecule has 0 aliphatic carbocycles. The summed E-state index contributed by atoms with van der Waals surface area (Å²) in [5, 5.41) is 0.245. The van der Waals surface area contributed by atoms with Crippen molar-refractivity contribution in [2.24, 2.45) is 5.73 Å². The molecule has 1 saturated heterocycles. The first kappa shape index (κ1) is 30.0. The Kier molecular flexibility index (Phi) is 8.10. The van der Waals surface area contributed by atoms with Crippen LogP contribution in [0.1, 0.15) is 47.3 Å². The standard InChI is InChI=1S/C30H28F4N4O5/c1-3-42-28(40)29(15-17-5-7-18(31)8-6-17)13-4-14-38(29)27(39)25-22(16-35)43-26(37-25)20-9-11-21(41-2)24-19(20)10-12-23(36-24)30(32,33)34/h5-12H,3-4,13-16,35H2,1-2H3. The molecular weight excluding hydrogens is 572 g/mol. The number of hydrogen-bond acceptors (Lipinski definition) is 8. The summed E-state index contributed by atoms with van der Waals surface area (Å²) in [6.07, 6.45) is -3.81. The minimum Gasteiger partial charge on any atom is -0.494 e. The van der Waals surface area contributed by atoms with Crippen LogP contribution in [0.15, 0.2) is 52.9 Å². The number of hydrogen-bond donors (Lipinski definition) is 1. The SMILES string of the molecule is CCOC(=O)C1(Cc2ccc(F)cc2)CCCN1C(=O)c1nc(-c2ccc(OC)c3nc(C(F)(F)F)ccc23)oc1CN. The van der Waals surface area contributed by atoms with E-state index in [0.29, 0.717) is 18.4 Å². The lowest BCUT2D eigenvalue weighted by atomic mass is 9.87. The van der Waals surface area contributed by atoms with Gasteiger partial charge in [-0.15, -0.1) is 0 Å². The molecule has 13 heteroatoms. The number of nitrogens with zero attached hydrogens (tertiary/aromatic N) is 3. The number of alkyl halides is 3. The number of fused-ring (bicyclic) bond motifs is 1. The smallest absolute Gasteiger partial charge is 0.433 e. The van der Waals surface area contributed by atoms with Gasteiger partial charge in [0.1, 0.15) is 28.3 Å². The van der Waals surface area contributed by atoms with E-state index in [0.717, 1.165) is 6.07 Å². The van der Waals surface area contributed by atoms with Gasteiger partial charge in [0.05, 0.1) is 20.3 Å². The number of carbonyl (C=O) groups excluding carboxylic acids is 2. The lowest BCUT2D eigenvalue weighted by molar-refractivity contribution is -0.154. The molecule has 0 saturated carbocycles. The van der Waals surface area contributed by atoms with Gasteiger partial charge in [-0.2, -0.15) is 13.2 Å². The van der Waals surface area contributed by atoms with Gasteiger partial charge in [0.2, 0.25) is 5.89 Å². The van der Waals surface area contributed by atoms with E-state index in [1.165, 1.54) is 42.3 Å². The molecule has 3 heterocycles. The van der Waals surface area contributed by atoms with Crippen LogP contribution in [0.2, 0.25) is 0 Å². The first-order valence-electron chi connectivity index (χ1n) is 13.5. The Morgan fingerprint density at radius 2 is 1.84 bits per heavy atom. The third-order valence-corrected chi connectivity index (χ3v) is 7.45. The molecule has 1 aliphatic rings. The van der Waals surface area contributed by atoms with Gasteiger partial charge in [0.25, 0.3) is 5.91 Å². The maximum Gasteiger partial charge on any atom is 0.433 e. The number of rotatable bonds is 8. The molecule has 0 bridgehead atoms. The summed E-state index contributed by atoms with van der Waals surface area (Å²) in [4.78, 5) is 37.1. The van der Waals surface area contributed by atoms with E-state index in [2.05, 4.69) is 9.97 Å². The number of pyridine rings is 1. The normalized spacial score (nSPS) is 17.0. The highest BCUT2D eigenvalue weighted by Crippen LogP contribution is 2.39. The summed E-state index contributed by atoms with van der Waals surface area (Å²) < 4.78 is 70.3. The van der Waals surface area contributed by atoms with Crippen LogP contribution in [0.3, 0.4) is 0 Å². The minimum atomic E-state index is -4.68. The van der Waals surface area contributed by atoms with Crippen LogP contribution < -0.4 is 10.5 Å². The molecule has 43 heavy (non-hydrogen) atoms. The van der Waals surface area contributed by atoms with Gasteiger partial charge in [0.15, 0.2) is 11.5 Å². The van der Waals surface area contributed by atoms with E-state index >= 15 is 0 Å². The van der Waals surface area contributed by atoms with E-state index in [4.69, 9.17) is 19.6 Å². The Morgan fingerprint density at radius 1 is 1.09 bits per heavy atom. The predicted octanol–water partition coefficient (Wildman–Crippen LogP) is 5.30. The molecule has 0 spiro atoms. The average Bonchev–Trinajstić information content (AvgIpc) is 3.62. The van der Waals surface area contributed by atoms with E-state index < -0.39 is 35.1 Å². The first-order chi connectivity index (χ1) is 20.5. The van der Waals surface area contributed by atoms with E-state index in [1.807, 2.05) is 0 Å². The second-order valence-corrected chi connectivity index (χ2v) is 10.0. The first-order valence-corrected chi connectivity index (χ1v) is 13.5. The minimum absolute atomic E-state index is 0.0234. The Hall–Kier alpha value is -4.52. The van der Waals surface area contributed by atoms with Crippen molar-refractivity contribution in [2.75, 3.05) is 20.3 Å². The molecule has 1 aliphatic heterocycles. The molecule has 9 nitrogen and oxygen atoms in total. The molecule has 5 rings (SSSR count). The lowest BCUT2D eigenvalue weighted by Crippen LogP contribution is -2.55. The van der Waals surface area contributed by atoms with Crippen molar-refractivity contribution >= 4 is 22.8 Å². The van der Waals surface area contributed by atoms with Crippen molar-refractivity contribution in [2.45, 2.75) is 44.4 Å². The third kappa shape index (κ3) is 5.52. The zero-order valence-corrected chi connectivity index (χ0v) is 23.3. The summed E-state index contributed by atoms with van der Waals surface area (Å²) in [6, 6.07) is 10.7. The molecule has 2 N–H and O–H groups in total. The number of halogens is 4. The van der Waals surface area contributed by atoms with Crippen molar-refractivity contribution in [3.63, 3.8) is 0 Å². The highest BCUT2D eigenvalue weighted by molar-refractivity contribution is 6.00. The predicted molar refractivity (Wildman–Crippen MR) is 146 cm³/mol. The molecular formula is C30H28F4N4O5. The van der Waals surface area contributed by atoms with Crippen LogP contribution in [0.5, 0.6) is 5.75 Å². The number of carbonyl (C=O) groups is 2. The van der Waals surface area contributed by atoms with E-state index in [9.17, 15) is 27.2 Å². The van der Waals surface area contributed by atoms with Gasteiger partial charge < -0.3 is 24.5 Å². The Bertz CT molecular complexity index is 1670. The number of aromatic nitrogens is 2. The van der Waals surface area contributed by atoms with E-state index in [-0.39, 0.29) is 65.7 Å². The highest BCUT2D eigenvalue weighted by atomic mass is 19.4. The second kappa shape index (κ2) is 11.6. The number of ether oxygens (including phenoxy) is 2. The molecule has 1 fully saturated rings. The summed E-state index contributed by atoms with van der Waals surface area (Å²) >= 11 is 0. The largest absolute Gasteiger partial charge is 0.494 e. The van der Waals surface area contributed by atoms with Crippen LogP contribution in [0.25, 0.3) is 22.4 Å². The van der Waals surface area contributed by atoms with Gasteiger partial charge in [-0.25, -0.2) is 19.2 Å². The van der Waals surface area contributed by atoms with Crippen molar-refractivity contribution < 1.29 is 41.0 Å². The topological polar surface area (TPSA) is 121 Å². The monoisotopic (exact) mass is 600 g/mol. The Morgan fingerprint density at radius 3 is 2.49 bits per heavy atom. The maximum absolute atomic E-state index is 14.1. The molecule has 0 radical (unpaired) electrons. The summed E-state index contributed by atoms with van der Waals surface area (Å²) in [6.45, 7) is 1.73. The van der Waals surface area contributed by atoms with E-state index in [1.54, 1.807) is 19.1 Å². The van der Waals surface area contributed by atoms with Gasteiger partial charge >= 0.3 is 12.1 Å².